The Kier molecular flexibility index (Phi) is 4.05. The topological polar surface area (TPSA) is 18.5 Å². The van der Waals surface area contributed by atoms with Crippen LogP contribution in [-0.4, -0.2) is 18.3 Å². The summed E-state index contributed by atoms with van der Waals surface area (Å²) in [7, 11) is -0.383. The molecule has 5 aromatic rings. The van der Waals surface area contributed by atoms with Crippen molar-refractivity contribution in [1.29, 1.82) is 0 Å². The van der Waals surface area contributed by atoms with Crippen molar-refractivity contribution in [2.75, 3.05) is 0 Å². The third-order valence-corrected chi connectivity index (χ3v) is 9.59. The van der Waals surface area contributed by atoms with Gasteiger partial charge in [0.25, 0.3) is 0 Å². The van der Waals surface area contributed by atoms with Gasteiger partial charge in [-0.25, -0.2) is 0 Å². The first kappa shape index (κ1) is 21.7. The van der Waals surface area contributed by atoms with Crippen LogP contribution in [0.5, 0.6) is 0 Å². The Bertz CT molecular complexity index is 1770. The molecule has 0 amide bonds. The first-order chi connectivity index (χ1) is 17.8. The van der Waals surface area contributed by atoms with Crippen LogP contribution in [0.2, 0.25) is 0 Å². The molecule has 37 heavy (non-hydrogen) atoms. The second kappa shape index (κ2) is 6.92. The molecule has 0 aromatic heterocycles. The van der Waals surface area contributed by atoms with Crippen LogP contribution < -0.4 is 5.46 Å². The highest BCUT2D eigenvalue weighted by molar-refractivity contribution is 6.62. The molecule has 1 atom stereocenters. The Balaban J connectivity index is 1.44. The summed E-state index contributed by atoms with van der Waals surface area (Å²) in [5.74, 6) is 0. The normalized spacial score (nSPS) is 22.2. The molecule has 3 aliphatic rings. The number of rotatable bonds is 1. The first-order valence-corrected chi connectivity index (χ1v) is 13.3. The molecule has 0 bridgehead atoms. The van der Waals surface area contributed by atoms with Crippen molar-refractivity contribution in [3.8, 4) is 11.1 Å². The molecule has 1 saturated heterocycles. The minimum Gasteiger partial charge on any atom is -0.399 e. The zero-order valence-corrected chi connectivity index (χ0v) is 21.8. The van der Waals surface area contributed by atoms with Crippen molar-refractivity contribution in [3.05, 3.63) is 113 Å². The summed E-state index contributed by atoms with van der Waals surface area (Å²) in [4.78, 5) is 0. The summed E-state index contributed by atoms with van der Waals surface area (Å²) in [6.45, 7) is 8.49. The van der Waals surface area contributed by atoms with E-state index >= 15 is 0 Å². The van der Waals surface area contributed by atoms with Crippen LogP contribution in [0.1, 0.15) is 49.9 Å². The quantitative estimate of drug-likeness (QED) is 0.187. The van der Waals surface area contributed by atoms with E-state index in [4.69, 9.17) is 9.31 Å². The minimum absolute atomic E-state index is 0.256. The van der Waals surface area contributed by atoms with E-state index in [0.29, 0.717) is 0 Å². The predicted molar refractivity (Wildman–Crippen MR) is 153 cm³/mol. The van der Waals surface area contributed by atoms with Crippen LogP contribution >= 0.6 is 0 Å². The van der Waals surface area contributed by atoms with E-state index in [1.807, 2.05) is 0 Å². The number of benzene rings is 5. The van der Waals surface area contributed by atoms with Crippen molar-refractivity contribution in [2.45, 2.75) is 50.7 Å². The summed E-state index contributed by atoms with van der Waals surface area (Å²) in [6, 6.07) is 34.1. The van der Waals surface area contributed by atoms with Crippen LogP contribution in [0, 0.1) is 0 Å². The van der Waals surface area contributed by atoms with Gasteiger partial charge < -0.3 is 9.31 Å². The fourth-order valence-electron chi connectivity index (χ4n) is 7.11. The lowest BCUT2D eigenvalue weighted by Crippen LogP contribution is -2.41. The molecular weight excluding hydrogens is 451 g/mol. The highest BCUT2D eigenvalue weighted by Crippen LogP contribution is 2.58. The van der Waals surface area contributed by atoms with Gasteiger partial charge in [0, 0.05) is 0 Å². The summed E-state index contributed by atoms with van der Waals surface area (Å²) in [5.41, 5.74) is 8.33. The molecule has 3 heteroatoms. The lowest BCUT2D eigenvalue weighted by atomic mass is 9.63. The Hall–Kier alpha value is -3.40. The Morgan fingerprint density at radius 1 is 0.595 bits per heavy atom. The molecule has 0 saturated carbocycles. The fraction of sp³-hybridized carbons (Fsp3) is 0.235. The summed E-state index contributed by atoms with van der Waals surface area (Å²) < 4.78 is 13.0. The maximum Gasteiger partial charge on any atom is 0.494 e. The van der Waals surface area contributed by atoms with Crippen molar-refractivity contribution >= 4 is 34.1 Å². The van der Waals surface area contributed by atoms with Crippen LogP contribution in [-0.2, 0) is 21.1 Å². The van der Waals surface area contributed by atoms with E-state index < -0.39 is 0 Å². The zero-order valence-electron chi connectivity index (χ0n) is 21.8. The Labute approximate surface area is 218 Å². The van der Waals surface area contributed by atoms with E-state index in [0.717, 1.165) is 11.9 Å². The summed E-state index contributed by atoms with van der Waals surface area (Å²) in [6.07, 6.45) is 0.942. The third-order valence-electron chi connectivity index (χ3n) is 9.59. The van der Waals surface area contributed by atoms with E-state index in [-0.39, 0.29) is 23.7 Å². The van der Waals surface area contributed by atoms with Gasteiger partial charge in [-0.2, -0.15) is 0 Å². The summed E-state index contributed by atoms with van der Waals surface area (Å²) in [5, 5.41) is 5.44. The van der Waals surface area contributed by atoms with Crippen molar-refractivity contribution in [1.82, 2.24) is 0 Å². The van der Waals surface area contributed by atoms with Crippen LogP contribution in [0.3, 0.4) is 0 Å². The van der Waals surface area contributed by atoms with E-state index in [9.17, 15) is 0 Å². The van der Waals surface area contributed by atoms with Crippen LogP contribution in [0.25, 0.3) is 32.7 Å². The van der Waals surface area contributed by atoms with E-state index in [1.54, 1.807) is 0 Å². The lowest BCUT2D eigenvalue weighted by Gasteiger charge is -2.38. The van der Waals surface area contributed by atoms with E-state index in [1.165, 1.54) is 54.9 Å². The molecule has 0 radical (unpaired) electrons. The SMILES string of the molecule is CC1(C)OB(c2ccc3c(c2)C2(Cc4cccc5ccc6cccc2c6c45)c2ccccc2-3)OC1(C)C. The molecule has 1 heterocycles. The summed E-state index contributed by atoms with van der Waals surface area (Å²) >= 11 is 0. The average molecular weight is 480 g/mol. The molecule has 180 valence electrons. The number of hydrogen-bond acceptors (Lipinski definition) is 2. The molecular formula is C34H29BO2. The van der Waals surface area contributed by atoms with Gasteiger partial charge >= 0.3 is 7.12 Å². The molecule has 0 N–H and O–H groups in total. The molecule has 1 aliphatic heterocycles. The monoisotopic (exact) mass is 480 g/mol. The fourth-order valence-corrected chi connectivity index (χ4v) is 7.11. The highest BCUT2D eigenvalue weighted by atomic mass is 16.7. The standard InChI is InChI=1S/C34H29BO2/c1-32(2)33(3,4)37-35(36-32)24-17-18-26-25-12-5-6-13-27(25)34(29(26)19-24)20-23-11-7-9-21-15-16-22-10-8-14-28(34)31(22)30(21)23/h5-19H,20H2,1-4H3. The molecule has 5 aromatic carbocycles. The maximum atomic E-state index is 6.50. The van der Waals surface area contributed by atoms with Crippen LogP contribution in [0.4, 0.5) is 0 Å². The molecule has 8 rings (SSSR count). The van der Waals surface area contributed by atoms with Gasteiger partial charge in [-0.15, -0.1) is 0 Å². The molecule has 1 unspecified atom stereocenters. The molecule has 2 aliphatic carbocycles. The maximum absolute atomic E-state index is 6.50. The lowest BCUT2D eigenvalue weighted by molar-refractivity contribution is 0.00578. The highest BCUT2D eigenvalue weighted by Gasteiger charge is 2.53. The molecule has 2 nitrogen and oxygen atoms in total. The van der Waals surface area contributed by atoms with Gasteiger partial charge in [0.05, 0.1) is 16.6 Å². The Morgan fingerprint density at radius 3 is 2.03 bits per heavy atom. The van der Waals surface area contributed by atoms with Gasteiger partial charge in [0.1, 0.15) is 0 Å². The smallest absolute Gasteiger partial charge is 0.399 e. The minimum atomic E-state index is -0.383. The van der Waals surface area contributed by atoms with Gasteiger partial charge in [-0.3, -0.25) is 0 Å². The second-order valence-corrected chi connectivity index (χ2v) is 12.0. The van der Waals surface area contributed by atoms with Crippen LogP contribution in [0.15, 0.2) is 91.0 Å². The van der Waals surface area contributed by atoms with Gasteiger partial charge in [0.15, 0.2) is 0 Å². The van der Waals surface area contributed by atoms with Crippen molar-refractivity contribution in [3.63, 3.8) is 0 Å². The van der Waals surface area contributed by atoms with Crippen molar-refractivity contribution < 1.29 is 9.31 Å². The average Bonchev–Trinajstić information content (AvgIpc) is 3.29. The van der Waals surface area contributed by atoms with Gasteiger partial charge in [0.2, 0.25) is 0 Å². The third kappa shape index (κ3) is 2.64. The number of fused-ring (bicyclic) bond motifs is 6. The molecule has 1 spiro atoms. The second-order valence-electron chi connectivity index (χ2n) is 12.0. The van der Waals surface area contributed by atoms with E-state index in [2.05, 4.69) is 119 Å². The van der Waals surface area contributed by atoms with Gasteiger partial charge in [-0.1, -0.05) is 91.0 Å². The van der Waals surface area contributed by atoms with Gasteiger partial charge in [-0.05, 0) is 94.5 Å². The largest absolute Gasteiger partial charge is 0.494 e. The Morgan fingerprint density at radius 2 is 1.24 bits per heavy atom. The van der Waals surface area contributed by atoms with Crippen molar-refractivity contribution in [2.24, 2.45) is 0 Å². The number of hydrogen-bond donors (Lipinski definition) is 0. The molecule has 1 fully saturated rings. The first-order valence-electron chi connectivity index (χ1n) is 13.3. The predicted octanol–water partition coefficient (Wildman–Crippen LogP) is 7.16. The zero-order chi connectivity index (χ0) is 25.2.